The number of nitrogens with two attached hydrogens (primary N) is 1. The Morgan fingerprint density at radius 1 is 1.16 bits per heavy atom. The summed E-state index contributed by atoms with van der Waals surface area (Å²) in [6, 6.07) is 0.252. The quantitative estimate of drug-likeness (QED) is 0.728. The molecule has 2 rings (SSSR count). The molecule has 2 fully saturated rings. The van der Waals surface area contributed by atoms with Gasteiger partial charge in [-0.15, -0.1) is 12.4 Å². The second kappa shape index (κ2) is 6.72. The lowest BCUT2D eigenvalue weighted by Gasteiger charge is -2.45. The summed E-state index contributed by atoms with van der Waals surface area (Å²) >= 11 is 0. The first-order chi connectivity index (χ1) is 8.37. The van der Waals surface area contributed by atoms with E-state index < -0.39 is 10.2 Å². The Kier molecular flexibility index (Phi) is 6.07. The van der Waals surface area contributed by atoms with Crippen molar-refractivity contribution in [1.82, 2.24) is 9.44 Å². The van der Waals surface area contributed by atoms with Gasteiger partial charge in [-0.3, -0.25) is 0 Å². The second-order valence-electron chi connectivity index (χ2n) is 6.10. The molecular formula is C12H26ClN3O2S. The van der Waals surface area contributed by atoms with Crippen LogP contribution >= 0.6 is 12.4 Å². The summed E-state index contributed by atoms with van der Waals surface area (Å²) < 4.78 is 29.4. The van der Waals surface area contributed by atoms with E-state index >= 15 is 0 Å². The topological polar surface area (TPSA) is 84.2 Å². The molecule has 0 saturated heterocycles. The third-order valence-corrected chi connectivity index (χ3v) is 5.42. The number of nitrogens with one attached hydrogen (secondary N) is 2. The Morgan fingerprint density at radius 3 is 2.16 bits per heavy atom. The second-order valence-corrected chi connectivity index (χ2v) is 7.58. The van der Waals surface area contributed by atoms with E-state index in [1.54, 1.807) is 0 Å². The van der Waals surface area contributed by atoms with Crippen LogP contribution in [0, 0.1) is 11.8 Å². The molecule has 7 heteroatoms. The van der Waals surface area contributed by atoms with E-state index in [1.807, 2.05) is 13.8 Å². The zero-order valence-electron chi connectivity index (χ0n) is 11.6. The Labute approximate surface area is 122 Å². The molecule has 0 aliphatic heterocycles. The maximum absolute atomic E-state index is 12.0. The van der Waals surface area contributed by atoms with Gasteiger partial charge in [0.25, 0.3) is 10.2 Å². The van der Waals surface area contributed by atoms with Gasteiger partial charge in [0.2, 0.25) is 0 Å². The lowest BCUT2D eigenvalue weighted by atomic mass is 9.67. The maximum atomic E-state index is 12.0. The molecule has 0 aromatic carbocycles. The molecule has 2 unspecified atom stereocenters. The fourth-order valence-electron chi connectivity index (χ4n) is 3.51. The van der Waals surface area contributed by atoms with Crippen molar-refractivity contribution < 1.29 is 8.42 Å². The fourth-order valence-corrected chi connectivity index (χ4v) is 4.94. The van der Waals surface area contributed by atoms with Crippen LogP contribution in [-0.2, 0) is 10.2 Å². The summed E-state index contributed by atoms with van der Waals surface area (Å²) in [6.45, 7) is 3.66. The van der Waals surface area contributed by atoms with E-state index in [9.17, 15) is 8.42 Å². The monoisotopic (exact) mass is 311 g/mol. The van der Waals surface area contributed by atoms with Gasteiger partial charge >= 0.3 is 0 Å². The molecule has 0 spiro atoms. The van der Waals surface area contributed by atoms with Gasteiger partial charge in [-0.25, -0.2) is 0 Å². The first-order valence-electron chi connectivity index (χ1n) is 6.92. The molecule has 2 aliphatic carbocycles. The highest BCUT2D eigenvalue weighted by Gasteiger charge is 2.40. The molecule has 0 aromatic rings. The maximum Gasteiger partial charge on any atom is 0.277 e. The van der Waals surface area contributed by atoms with Crippen LogP contribution in [-0.4, -0.2) is 26.5 Å². The van der Waals surface area contributed by atoms with E-state index in [4.69, 9.17) is 5.73 Å². The van der Waals surface area contributed by atoms with Gasteiger partial charge in [-0.05, 0) is 51.4 Å². The summed E-state index contributed by atoms with van der Waals surface area (Å²) in [4.78, 5) is 0. The van der Waals surface area contributed by atoms with Gasteiger partial charge in [0.15, 0.2) is 0 Å². The van der Waals surface area contributed by atoms with Crippen LogP contribution in [0.15, 0.2) is 0 Å². The molecule has 0 radical (unpaired) electrons. The summed E-state index contributed by atoms with van der Waals surface area (Å²) in [5.74, 6) is 0.826. The van der Waals surface area contributed by atoms with Crippen molar-refractivity contribution in [1.29, 1.82) is 0 Å². The van der Waals surface area contributed by atoms with Gasteiger partial charge in [-0.2, -0.15) is 17.9 Å². The molecule has 5 nitrogen and oxygen atoms in total. The van der Waals surface area contributed by atoms with Gasteiger partial charge in [0.05, 0.1) is 0 Å². The largest absolute Gasteiger partial charge is 0.328 e. The molecule has 0 heterocycles. The smallest absolute Gasteiger partial charge is 0.277 e. The molecular weight excluding hydrogens is 286 g/mol. The van der Waals surface area contributed by atoms with E-state index in [0.717, 1.165) is 25.7 Å². The molecule has 0 amide bonds. The van der Waals surface area contributed by atoms with Crippen molar-refractivity contribution in [2.24, 2.45) is 17.6 Å². The Balaban J connectivity index is 0.00000180. The van der Waals surface area contributed by atoms with Crippen molar-refractivity contribution in [2.75, 3.05) is 0 Å². The first kappa shape index (κ1) is 17.2. The third kappa shape index (κ3) is 4.56. The highest BCUT2D eigenvalue weighted by atomic mass is 35.5. The molecule has 114 valence electrons. The van der Waals surface area contributed by atoms with Crippen molar-refractivity contribution in [2.45, 2.75) is 64.1 Å². The highest BCUT2D eigenvalue weighted by molar-refractivity contribution is 7.87. The van der Waals surface area contributed by atoms with Crippen LogP contribution in [0.1, 0.15) is 46.0 Å². The zero-order chi connectivity index (χ0) is 13.3. The summed E-state index contributed by atoms with van der Waals surface area (Å²) in [6.07, 6.45) is 5.30. The number of rotatable bonds is 4. The molecule has 4 N–H and O–H groups in total. The van der Waals surface area contributed by atoms with Crippen molar-refractivity contribution in [3.63, 3.8) is 0 Å². The van der Waals surface area contributed by atoms with E-state index in [2.05, 4.69) is 9.44 Å². The lowest BCUT2D eigenvalue weighted by molar-refractivity contribution is 0.125. The number of halogens is 1. The first-order valence-corrected chi connectivity index (χ1v) is 8.41. The standard InChI is InChI=1S/C12H25N3O2S.ClH/c1-8(2)14-18(16,17)15-12-9-4-3-5-10(12)7-11(13)6-9;/h8-12,14-15H,3-7,13H2,1-2H3;1H. The van der Waals surface area contributed by atoms with Crippen LogP contribution in [0.2, 0.25) is 0 Å². The van der Waals surface area contributed by atoms with Crippen LogP contribution in [0.3, 0.4) is 0 Å². The molecule has 2 atom stereocenters. The minimum atomic E-state index is -3.38. The molecule has 2 saturated carbocycles. The van der Waals surface area contributed by atoms with Crippen LogP contribution in [0.25, 0.3) is 0 Å². The fraction of sp³-hybridized carbons (Fsp3) is 1.00. The third-order valence-electron chi connectivity index (χ3n) is 4.06. The Morgan fingerprint density at radius 2 is 1.68 bits per heavy atom. The zero-order valence-corrected chi connectivity index (χ0v) is 13.3. The number of hydrogen-bond donors (Lipinski definition) is 3. The Bertz CT molecular complexity index is 374. The van der Waals surface area contributed by atoms with Gasteiger partial charge in [0.1, 0.15) is 0 Å². The van der Waals surface area contributed by atoms with Crippen molar-refractivity contribution in [3.8, 4) is 0 Å². The molecule has 2 bridgehead atoms. The number of hydrogen-bond acceptors (Lipinski definition) is 3. The molecule has 19 heavy (non-hydrogen) atoms. The molecule has 0 aromatic heterocycles. The van der Waals surface area contributed by atoms with Crippen LogP contribution in [0.4, 0.5) is 0 Å². The van der Waals surface area contributed by atoms with E-state index in [1.165, 1.54) is 6.42 Å². The Hall–Kier alpha value is 0.120. The minimum absolute atomic E-state index is 0. The normalized spacial score (nSPS) is 34.9. The van der Waals surface area contributed by atoms with E-state index in [-0.39, 0.29) is 30.5 Å². The average Bonchev–Trinajstić information content (AvgIpc) is 2.16. The SMILES string of the molecule is CC(C)NS(=O)(=O)NC1C2CCCC1CC(N)C2.Cl. The predicted molar refractivity (Wildman–Crippen MR) is 79.4 cm³/mol. The van der Waals surface area contributed by atoms with Crippen molar-refractivity contribution in [3.05, 3.63) is 0 Å². The van der Waals surface area contributed by atoms with Crippen LogP contribution in [0.5, 0.6) is 0 Å². The predicted octanol–water partition coefficient (Wildman–Crippen LogP) is 1.15. The summed E-state index contributed by atoms with van der Waals surface area (Å²) in [5.41, 5.74) is 6.04. The van der Waals surface area contributed by atoms with Gasteiger partial charge < -0.3 is 5.73 Å². The van der Waals surface area contributed by atoms with Crippen molar-refractivity contribution >= 4 is 22.6 Å². The molecule has 2 aliphatic rings. The summed E-state index contributed by atoms with van der Waals surface area (Å²) in [7, 11) is -3.38. The van der Waals surface area contributed by atoms with Gasteiger partial charge in [-0.1, -0.05) is 6.42 Å². The number of fused-ring (bicyclic) bond motifs is 2. The highest BCUT2D eigenvalue weighted by Crippen LogP contribution is 2.39. The lowest BCUT2D eigenvalue weighted by Crippen LogP contribution is -2.56. The van der Waals surface area contributed by atoms with Crippen LogP contribution < -0.4 is 15.2 Å². The summed E-state index contributed by atoms with van der Waals surface area (Å²) in [5, 5.41) is 0. The van der Waals surface area contributed by atoms with Gasteiger partial charge in [0, 0.05) is 18.1 Å². The van der Waals surface area contributed by atoms with E-state index in [0.29, 0.717) is 11.8 Å². The minimum Gasteiger partial charge on any atom is -0.328 e. The average molecular weight is 312 g/mol.